The fraction of sp³-hybridized carbons (Fsp3) is 0. The first-order chi connectivity index (χ1) is 6.30. The SMILES string of the molecule is Nc1cc([N+](=O)[O-])cc(S(=O)(=O)O)c1. The van der Waals surface area contributed by atoms with Crippen LogP contribution >= 0.6 is 0 Å². The Bertz CT molecular complexity index is 481. The third-order valence-corrected chi connectivity index (χ3v) is 2.25. The molecule has 0 unspecified atom stereocenters. The summed E-state index contributed by atoms with van der Waals surface area (Å²) in [6.07, 6.45) is 0. The zero-order chi connectivity index (χ0) is 10.9. The molecule has 0 saturated carbocycles. The maximum atomic E-state index is 10.6. The van der Waals surface area contributed by atoms with Crippen molar-refractivity contribution in [2.24, 2.45) is 0 Å². The number of nitro groups is 1. The molecule has 0 aliphatic carbocycles. The number of nitrogens with two attached hydrogens (primary N) is 1. The number of anilines is 1. The summed E-state index contributed by atoms with van der Waals surface area (Å²) in [7, 11) is -4.47. The maximum Gasteiger partial charge on any atom is 0.294 e. The van der Waals surface area contributed by atoms with E-state index in [1.54, 1.807) is 0 Å². The van der Waals surface area contributed by atoms with Gasteiger partial charge in [-0.1, -0.05) is 0 Å². The molecule has 14 heavy (non-hydrogen) atoms. The highest BCUT2D eigenvalue weighted by molar-refractivity contribution is 7.85. The van der Waals surface area contributed by atoms with Crippen molar-refractivity contribution in [2.75, 3.05) is 5.73 Å². The molecule has 1 aromatic carbocycles. The number of nitrogen functional groups attached to an aromatic ring is 1. The third-order valence-electron chi connectivity index (χ3n) is 1.42. The maximum absolute atomic E-state index is 10.6. The van der Waals surface area contributed by atoms with Gasteiger partial charge < -0.3 is 5.73 Å². The first kappa shape index (κ1) is 10.4. The molecule has 0 heterocycles. The molecule has 1 aromatic rings. The Morgan fingerprint density at radius 3 is 2.36 bits per heavy atom. The lowest BCUT2D eigenvalue weighted by Gasteiger charge is -1.99. The highest BCUT2D eigenvalue weighted by Crippen LogP contribution is 2.21. The average molecular weight is 218 g/mol. The van der Waals surface area contributed by atoms with Crippen molar-refractivity contribution in [3.63, 3.8) is 0 Å². The second-order valence-corrected chi connectivity index (χ2v) is 3.91. The Morgan fingerprint density at radius 1 is 1.36 bits per heavy atom. The zero-order valence-corrected chi connectivity index (χ0v) is 7.56. The van der Waals surface area contributed by atoms with Crippen molar-refractivity contribution in [3.8, 4) is 0 Å². The second-order valence-electron chi connectivity index (χ2n) is 2.49. The molecule has 0 aromatic heterocycles. The molecule has 3 N–H and O–H groups in total. The van der Waals surface area contributed by atoms with Crippen LogP contribution in [0.4, 0.5) is 11.4 Å². The molecule has 0 radical (unpaired) electrons. The highest BCUT2D eigenvalue weighted by atomic mass is 32.2. The molecule has 1 rings (SSSR count). The van der Waals surface area contributed by atoms with E-state index in [1.807, 2.05) is 0 Å². The van der Waals surface area contributed by atoms with Gasteiger partial charge in [0.15, 0.2) is 0 Å². The van der Waals surface area contributed by atoms with E-state index < -0.39 is 25.6 Å². The number of rotatable bonds is 2. The van der Waals surface area contributed by atoms with Crippen molar-refractivity contribution in [2.45, 2.75) is 4.90 Å². The van der Waals surface area contributed by atoms with Gasteiger partial charge in [-0.2, -0.15) is 8.42 Å². The summed E-state index contributed by atoms with van der Waals surface area (Å²) in [4.78, 5) is 8.91. The first-order valence-corrected chi connectivity index (χ1v) is 4.77. The Hall–Kier alpha value is -1.67. The zero-order valence-electron chi connectivity index (χ0n) is 6.75. The number of benzene rings is 1. The summed E-state index contributed by atoms with van der Waals surface area (Å²) in [5.41, 5.74) is 4.62. The first-order valence-electron chi connectivity index (χ1n) is 3.33. The van der Waals surface area contributed by atoms with Crippen molar-refractivity contribution in [3.05, 3.63) is 28.3 Å². The molecular weight excluding hydrogens is 212 g/mol. The van der Waals surface area contributed by atoms with Crippen LogP contribution < -0.4 is 5.73 Å². The summed E-state index contributed by atoms with van der Waals surface area (Å²) < 4.78 is 29.9. The number of nitrogens with zero attached hydrogens (tertiary/aromatic N) is 1. The Kier molecular flexibility index (Phi) is 2.41. The van der Waals surface area contributed by atoms with Crippen LogP contribution in [0.2, 0.25) is 0 Å². The molecule has 7 nitrogen and oxygen atoms in total. The summed E-state index contributed by atoms with van der Waals surface area (Å²) in [6.45, 7) is 0. The van der Waals surface area contributed by atoms with Gasteiger partial charge in [-0.05, 0) is 6.07 Å². The van der Waals surface area contributed by atoms with Gasteiger partial charge in [-0.3, -0.25) is 14.7 Å². The van der Waals surface area contributed by atoms with E-state index in [0.29, 0.717) is 0 Å². The highest BCUT2D eigenvalue weighted by Gasteiger charge is 2.16. The lowest BCUT2D eigenvalue weighted by Crippen LogP contribution is -2.01. The van der Waals surface area contributed by atoms with Crippen LogP contribution in [0, 0.1) is 10.1 Å². The normalized spacial score (nSPS) is 11.2. The van der Waals surface area contributed by atoms with Crippen molar-refractivity contribution >= 4 is 21.5 Å². The van der Waals surface area contributed by atoms with Crippen molar-refractivity contribution < 1.29 is 17.9 Å². The van der Waals surface area contributed by atoms with E-state index in [0.717, 1.165) is 18.2 Å². The van der Waals surface area contributed by atoms with Crippen LogP contribution in [0.1, 0.15) is 0 Å². The molecule has 0 bridgehead atoms. The van der Waals surface area contributed by atoms with Gasteiger partial charge >= 0.3 is 0 Å². The van der Waals surface area contributed by atoms with Crippen LogP contribution in [0.15, 0.2) is 23.1 Å². The summed E-state index contributed by atoms with van der Waals surface area (Å²) in [5, 5.41) is 10.3. The van der Waals surface area contributed by atoms with E-state index in [-0.39, 0.29) is 5.69 Å². The van der Waals surface area contributed by atoms with Crippen LogP contribution in [0.5, 0.6) is 0 Å². The number of hydrogen-bond donors (Lipinski definition) is 2. The van der Waals surface area contributed by atoms with Gasteiger partial charge in [-0.25, -0.2) is 0 Å². The minimum absolute atomic E-state index is 0.105. The minimum Gasteiger partial charge on any atom is -0.398 e. The van der Waals surface area contributed by atoms with Gasteiger partial charge in [0, 0.05) is 17.8 Å². The monoisotopic (exact) mass is 218 g/mol. The Morgan fingerprint density at radius 2 is 1.93 bits per heavy atom. The predicted molar refractivity (Wildman–Crippen MR) is 47.3 cm³/mol. The second kappa shape index (κ2) is 3.24. The summed E-state index contributed by atoms with van der Waals surface area (Å²) >= 11 is 0. The molecule has 76 valence electrons. The molecule has 0 spiro atoms. The number of non-ortho nitro benzene ring substituents is 1. The molecule has 0 fully saturated rings. The summed E-state index contributed by atoms with van der Waals surface area (Å²) in [6, 6.07) is 2.66. The largest absolute Gasteiger partial charge is 0.398 e. The van der Waals surface area contributed by atoms with Gasteiger partial charge in [0.05, 0.1) is 4.92 Å². The number of nitro benzene ring substituents is 1. The topological polar surface area (TPSA) is 124 Å². The van der Waals surface area contributed by atoms with Gasteiger partial charge in [0.2, 0.25) is 0 Å². The fourth-order valence-corrected chi connectivity index (χ4v) is 1.41. The predicted octanol–water partition coefficient (Wildman–Crippen LogP) is 0.424. The fourth-order valence-electron chi connectivity index (χ4n) is 0.860. The van der Waals surface area contributed by atoms with Crippen LogP contribution in [0.25, 0.3) is 0 Å². The van der Waals surface area contributed by atoms with Gasteiger partial charge in [0.1, 0.15) is 4.90 Å². The third kappa shape index (κ3) is 2.18. The van der Waals surface area contributed by atoms with E-state index in [2.05, 4.69) is 0 Å². The van der Waals surface area contributed by atoms with E-state index in [4.69, 9.17) is 10.3 Å². The average Bonchev–Trinajstić information content (AvgIpc) is 2.01. The van der Waals surface area contributed by atoms with Crippen molar-refractivity contribution in [1.29, 1.82) is 0 Å². The molecular formula is C6H6N2O5S. The Labute approximate surface area is 79.1 Å². The quantitative estimate of drug-likeness (QED) is 0.321. The standard InChI is InChI=1S/C6H6N2O5S/c7-4-1-5(8(9)10)3-6(2-4)14(11,12)13/h1-3H,7H2,(H,11,12,13). The molecule has 0 aliphatic heterocycles. The molecule has 0 saturated heterocycles. The molecule has 0 amide bonds. The molecule has 0 aliphatic rings. The molecule has 8 heteroatoms. The van der Waals surface area contributed by atoms with Gasteiger partial charge in [0.25, 0.3) is 15.8 Å². The lowest BCUT2D eigenvalue weighted by molar-refractivity contribution is -0.385. The van der Waals surface area contributed by atoms with E-state index in [1.165, 1.54) is 0 Å². The van der Waals surface area contributed by atoms with E-state index >= 15 is 0 Å². The summed E-state index contributed by atoms with van der Waals surface area (Å²) in [5.74, 6) is 0. The van der Waals surface area contributed by atoms with Crippen LogP contribution in [0.3, 0.4) is 0 Å². The van der Waals surface area contributed by atoms with Crippen molar-refractivity contribution in [1.82, 2.24) is 0 Å². The smallest absolute Gasteiger partial charge is 0.294 e. The Balaban J connectivity index is 3.43. The number of hydrogen-bond acceptors (Lipinski definition) is 5. The van der Waals surface area contributed by atoms with E-state index in [9.17, 15) is 18.5 Å². The lowest BCUT2D eigenvalue weighted by atomic mass is 10.3. The van der Waals surface area contributed by atoms with Crippen LogP contribution in [-0.4, -0.2) is 17.9 Å². The minimum atomic E-state index is -4.47. The molecule has 0 atom stereocenters. The van der Waals surface area contributed by atoms with Gasteiger partial charge in [-0.15, -0.1) is 0 Å². The van der Waals surface area contributed by atoms with Crippen LogP contribution in [-0.2, 0) is 10.1 Å².